The standard InChI is InChI=1S/C15H23N3O4/c1-3-21-12-4-6-13(7-5-12)22-9-8-18-15(20)11-17-10-14(19)16-2/h4-7,17H,3,8-11H2,1-2H3,(H,16,19)(H,18,20). The molecule has 2 amide bonds. The number of carbonyl (C=O) groups excluding carboxylic acids is 2. The molecule has 0 aliphatic rings. The second kappa shape index (κ2) is 10.4. The van der Waals surface area contributed by atoms with E-state index in [4.69, 9.17) is 9.47 Å². The fourth-order valence-corrected chi connectivity index (χ4v) is 1.60. The van der Waals surface area contributed by atoms with Gasteiger partial charge in [0, 0.05) is 7.05 Å². The number of rotatable bonds is 10. The molecule has 0 aliphatic carbocycles. The van der Waals surface area contributed by atoms with E-state index in [-0.39, 0.29) is 24.9 Å². The van der Waals surface area contributed by atoms with E-state index < -0.39 is 0 Å². The summed E-state index contributed by atoms with van der Waals surface area (Å²) in [7, 11) is 1.54. The minimum Gasteiger partial charge on any atom is -0.494 e. The predicted molar refractivity (Wildman–Crippen MR) is 83.1 cm³/mol. The van der Waals surface area contributed by atoms with Crippen molar-refractivity contribution in [2.45, 2.75) is 6.92 Å². The molecule has 0 spiro atoms. The van der Waals surface area contributed by atoms with Gasteiger partial charge < -0.3 is 20.1 Å². The SMILES string of the molecule is CCOc1ccc(OCCNC(=O)CNCC(=O)NC)cc1. The summed E-state index contributed by atoms with van der Waals surface area (Å²) in [5.74, 6) is 1.17. The van der Waals surface area contributed by atoms with E-state index in [1.54, 1.807) is 7.05 Å². The zero-order valence-electron chi connectivity index (χ0n) is 13.0. The van der Waals surface area contributed by atoms with E-state index in [9.17, 15) is 9.59 Å². The summed E-state index contributed by atoms with van der Waals surface area (Å²) in [6, 6.07) is 7.30. The Hall–Kier alpha value is -2.28. The molecule has 0 heterocycles. The van der Waals surface area contributed by atoms with Crippen LogP contribution in [0.25, 0.3) is 0 Å². The molecule has 3 N–H and O–H groups in total. The molecular weight excluding hydrogens is 286 g/mol. The quantitative estimate of drug-likeness (QED) is 0.526. The van der Waals surface area contributed by atoms with Gasteiger partial charge in [-0.3, -0.25) is 14.9 Å². The van der Waals surface area contributed by atoms with Crippen molar-refractivity contribution in [1.82, 2.24) is 16.0 Å². The number of benzene rings is 1. The predicted octanol–water partition coefficient (Wildman–Crippen LogP) is -0.0841. The van der Waals surface area contributed by atoms with E-state index in [1.807, 2.05) is 31.2 Å². The molecule has 0 aromatic heterocycles. The maximum Gasteiger partial charge on any atom is 0.234 e. The molecule has 0 saturated carbocycles. The second-order valence-corrected chi connectivity index (χ2v) is 4.38. The van der Waals surface area contributed by atoms with Crippen LogP contribution in [0.1, 0.15) is 6.92 Å². The largest absolute Gasteiger partial charge is 0.494 e. The first-order chi connectivity index (χ1) is 10.7. The molecule has 0 unspecified atom stereocenters. The Bertz CT molecular complexity index is 462. The van der Waals surface area contributed by atoms with E-state index >= 15 is 0 Å². The lowest BCUT2D eigenvalue weighted by Gasteiger charge is -2.09. The summed E-state index contributed by atoms with van der Waals surface area (Å²) in [6.07, 6.45) is 0. The molecular formula is C15H23N3O4. The van der Waals surface area contributed by atoms with Gasteiger partial charge in [0.25, 0.3) is 0 Å². The topological polar surface area (TPSA) is 88.7 Å². The van der Waals surface area contributed by atoms with Gasteiger partial charge in [0.1, 0.15) is 18.1 Å². The number of amides is 2. The van der Waals surface area contributed by atoms with Gasteiger partial charge in [0.15, 0.2) is 0 Å². The third-order valence-electron chi connectivity index (χ3n) is 2.68. The summed E-state index contributed by atoms with van der Waals surface area (Å²) in [6.45, 7) is 3.53. The van der Waals surface area contributed by atoms with Crippen molar-refractivity contribution in [3.63, 3.8) is 0 Å². The molecule has 0 aliphatic heterocycles. The van der Waals surface area contributed by atoms with Crippen molar-refractivity contribution in [1.29, 1.82) is 0 Å². The molecule has 1 aromatic rings. The molecule has 0 radical (unpaired) electrons. The Labute approximate surface area is 130 Å². The number of ether oxygens (including phenoxy) is 2. The molecule has 7 nitrogen and oxygen atoms in total. The van der Waals surface area contributed by atoms with E-state index in [0.29, 0.717) is 19.8 Å². The minimum absolute atomic E-state index is 0.0937. The van der Waals surface area contributed by atoms with Crippen LogP contribution in [0.15, 0.2) is 24.3 Å². The molecule has 0 atom stereocenters. The zero-order chi connectivity index (χ0) is 16.2. The highest BCUT2D eigenvalue weighted by atomic mass is 16.5. The maximum atomic E-state index is 11.5. The first kappa shape index (κ1) is 17.8. The number of nitrogens with one attached hydrogen (secondary N) is 3. The first-order valence-corrected chi connectivity index (χ1v) is 7.19. The van der Waals surface area contributed by atoms with Crippen LogP contribution in [0.5, 0.6) is 11.5 Å². The third-order valence-corrected chi connectivity index (χ3v) is 2.68. The molecule has 0 bridgehead atoms. The zero-order valence-corrected chi connectivity index (χ0v) is 13.0. The summed E-state index contributed by atoms with van der Waals surface area (Å²) in [5.41, 5.74) is 0. The highest BCUT2D eigenvalue weighted by Gasteiger charge is 2.02. The normalized spacial score (nSPS) is 9.91. The van der Waals surface area contributed by atoms with Crippen LogP contribution in [0.2, 0.25) is 0 Å². The smallest absolute Gasteiger partial charge is 0.234 e. The van der Waals surface area contributed by atoms with Crippen molar-refractivity contribution in [2.75, 3.05) is 39.9 Å². The van der Waals surface area contributed by atoms with Gasteiger partial charge in [-0.25, -0.2) is 0 Å². The first-order valence-electron chi connectivity index (χ1n) is 7.19. The Kier molecular flexibility index (Phi) is 8.44. The van der Waals surface area contributed by atoms with Crippen molar-refractivity contribution >= 4 is 11.8 Å². The highest BCUT2D eigenvalue weighted by molar-refractivity contribution is 5.80. The summed E-state index contributed by atoms with van der Waals surface area (Å²) < 4.78 is 10.8. The average molecular weight is 309 g/mol. The van der Waals surface area contributed by atoms with Crippen LogP contribution >= 0.6 is 0 Å². The van der Waals surface area contributed by atoms with Crippen LogP contribution in [-0.2, 0) is 9.59 Å². The van der Waals surface area contributed by atoms with Crippen LogP contribution in [-0.4, -0.2) is 51.7 Å². The second-order valence-electron chi connectivity index (χ2n) is 4.38. The summed E-state index contributed by atoms with van der Waals surface area (Å²) in [4.78, 5) is 22.4. The average Bonchev–Trinajstić information content (AvgIpc) is 2.53. The maximum absolute atomic E-state index is 11.5. The van der Waals surface area contributed by atoms with Gasteiger partial charge in [0.2, 0.25) is 11.8 Å². The van der Waals surface area contributed by atoms with Gasteiger partial charge in [-0.15, -0.1) is 0 Å². The number of carbonyl (C=O) groups is 2. The van der Waals surface area contributed by atoms with Gasteiger partial charge in [-0.1, -0.05) is 0 Å². The van der Waals surface area contributed by atoms with Crippen molar-refractivity contribution in [3.8, 4) is 11.5 Å². The Balaban J connectivity index is 2.11. The Morgan fingerprint density at radius 3 is 2.18 bits per heavy atom. The van der Waals surface area contributed by atoms with E-state index in [1.165, 1.54) is 0 Å². The van der Waals surface area contributed by atoms with Crippen molar-refractivity contribution in [3.05, 3.63) is 24.3 Å². The lowest BCUT2D eigenvalue weighted by atomic mass is 10.3. The monoisotopic (exact) mass is 309 g/mol. The van der Waals surface area contributed by atoms with Crippen LogP contribution in [0.4, 0.5) is 0 Å². The van der Waals surface area contributed by atoms with Gasteiger partial charge in [0.05, 0.1) is 26.2 Å². The molecule has 0 fully saturated rings. The van der Waals surface area contributed by atoms with E-state index in [0.717, 1.165) is 11.5 Å². The lowest BCUT2D eigenvalue weighted by molar-refractivity contribution is -0.121. The Morgan fingerprint density at radius 1 is 1.00 bits per heavy atom. The summed E-state index contributed by atoms with van der Waals surface area (Å²) in [5, 5.41) is 7.89. The fraction of sp³-hybridized carbons (Fsp3) is 0.467. The molecule has 0 saturated heterocycles. The molecule has 122 valence electrons. The minimum atomic E-state index is -0.181. The molecule has 7 heteroatoms. The molecule has 22 heavy (non-hydrogen) atoms. The van der Waals surface area contributed by atoms with Gasteiger partial charge >= 0.3 is 0 Å². The summed E-state index contributed by atoms with van der Waals surface area (Å²) >= 11 is 0. The Morgan fingerprint density at radius 2 is 1.59 bits per heavy atom. The molecule has 1 aromatic carbocycles. The third kappa shape index (κ3) is 7.49. The number of likely N-dealkylation sites (N-methyl/N-ethyl adjacent to an activating group) is 1. The number of hydrogen-bond donors (Lipinski definition) is 3. The number of hydrogen-bond acceptors (Lipinski definition) is 5. The van der Waals surface area contributed by atoms with E-state index in [2.05, 4.69) is 16.0 Å². The highest BCUT2D eigenvalue weighted by Crippen LogP contribution is 2.17. The van der Waals surface area contributed by atoms with Crippen molar-refractivity contribution < 1.29 is 19.1 Å². The van der Waals surface area contributed by atoms with Crippen LogP contribution < -0.4 is 25.4 Å². The van der Waals surface area contributed by atoms with Crippen LogP contribution in [0, 0.1) is 0 Å². The molecule has 1 rings (SSSR count). The lowest BCUT2D eigenvalue weighted by Crippen LogP contribution is -2.39. The van der Waals surface area contributed by atoms with Crippen molar-refractivity contribution in [2.24, 2.45) is 0 Å². The van der Waals surface area contributed by atoms with Crippen LogP contribution in [0.3, 0.4) is 0 Å². The fourth-order valence-electron chi connectivity index (χ4n) is 1.60. The van der Waals surface area contributed by atoms with Gasteiger partial charge in [-0.05, 0) is 31.2 Å². The van der Waals surface area contributed by atoms with Gasteiger partial charge in [-0.2, -0.15) is 0 Å².